The molecule has 2 aliphatic heterocycles. The third-order valence-electron chi connectivity index (χ3n) is 5.73. The molecule has 2 aromatic rings. The van der Waals surface area contributed by atoms with Crippen molar-refractivity contribution in [2.75, 3.05) is 18.4 Å². The summed E-state index contributed by atoms with van der Waals surface area (Å²) in [6, 6.07) is 13.0. The number of rotatable bonds is 9. The molecule has 2 heterocycles. The SMILES string of the molecule is CCN1C(=O)N(N)C(Nc2ccc(OC3=CC=C(N(N)C=O)NC3)cc2)N(Cc2ccc(Cl)cc2)C1=O. The minimum absolute atomic E-state index is 0.182. The molecule has 1 fully saturated rings. The molecule has 1 saturated heterocycles. The summed E-state index contributed by atoms with van der Waals surface area (Å²) in [5.74, 6) is 13.3. The summed E-state index contributed by atoms with van der Waals surface area (Å²) in [5, 5.41) is 8.65. The van der Waals surface area contributed by atoms with Crippen molar-refractivity contribution in [2.24, 2.45) is 11.7 Å². The molecule has 0 saturated carbocycles. The molecular weight excluding hydrogens is 500 g/mol. The van der Waals surface area contributed by atoms with E-state index in [4.69, 9.17) is 28.0 Å². The quantitative estimate of drug-likeness (QED) is 0.168. The van der Waals surface area contributed by atoms with E-state index in [1.807, 2.05) is 12.1 Å². The number of anilines is 1. The molecule has 4 rings (SSSR count). The number of halogens is 1. The second kappa shape index (κ2) is 11.2. The lowest BCUT2D eigenvalue weighted by Crippen LogP contribution is -2.70. The lowest BCUT2D eigenvalue weighted by Gasteiger charge is -2.45. The lowest BCUT2D eigenvalue weighted by molar-refractivity contribution is -0.117. The number of hydrogen-bond donors (Lipinski definition) is 4. The number of amides is 5. The number of nitrogens with two attached hydrogens (primary N) is 2. The van der Waals surface area contributed by atoms with E-state index in [0.717, 1.165) is 20.5 Å². The Morgan fingerprint density at radius 3 is 2.43 bits per heavy atom. The first kappa shape index (κ1) is 25.8. The van der Waals surface area contributed by atoms with Gasteiger partial charge in [0.1, 0.15) is 17.3 Å². The van der Waals surface area contributed by atoms with Crippen LogP contribution < -0.4 is 27.1 Å². The Hall–Kier alpha value is -4.26. The molecule has 1 unspecified atom stereocenters. The highest BCUT2D eigenvalue weighted by Crippen LogP contribution is 2.24. The van der Waals surface area contributed by atoms with Crippen LogP contribution in [0.15, 0.2) is 72.3 Å². The molecule has 0 aliphatic carbocycles. The molecule has 0 radical (unpaired) electrons. The zero-order valence-electron chi connectivity index (χ0n) is 20.0. The Morgan fingerprint density at radius 2 is 1.84 bits per heavy atom. The van der Waals surface area contributed by atoms with Crippen LogP contribution in [-0.2, 0) is 11.3 Å². The van der Waals surface area contributed by atoms with E-state index in [1.165, 1.54) is 4.90 Å². The molecule has 6 N–H and O–H groups in total. The summed E-state index contributed by atoms with van der Waals surface area (Å²) in [5.41, 5.74) is 1.44. The second-order valence-electron chi connectivity index (χ2n) is 8.17. The molecule has 194 valence electrons. The number of hydrogen-bond acceptors (Lipinski definition) is 8. The molecule has 37 heavy (non-hydrogen) atoms. The molecule has 5 amide bonds. The van der Waals surface area contributed by atoms with E-state index in [-0.39, 0.29) is 13.1 Å². The molecular formula is C24H27ClN8O4. The van der Waals surface area contributed by atoms with Crippen molar-refractivity contribution in [1.29, 1.82) is 0 Å². The monoisotopic (exact) mass is 526 g/mol. The number of benzene rings is 2. The minimum Gasteiger partial charge on any atom is -0.460 e. The number of dihydropyridines is 1. The molecule has 0 bridgehead atoms. The highest BCUT2D eigenvalue weighted by Gasteiger charge is 2.42. The maximum Gasteiger partial charge on any atom is 0.345 e. The first-order valence-corrected chi connectivity index (χ1v) is 11.8. The summed E-state index contributed by atoms with van der Waals surface area (Å²) in [4.78, 5) is 39.2. The smallest absolute Gasteiger partial charge is 0.345 e. The van der Waals surface area contributed by atoms with Crippen LogP contribution in [0.3, 0.4) is 0 Å². The van der Waals surface area contributed by atoms with Crippen molar-refractivity contribution < 1.29 is 19.1 Å². The lowest BCUT2D eigenvalue weighted by atomic mass is 10.2. The second-order valence-corrected chi connectivity index (χ2v) is 8.60. The Balaban J connectivity index is 1.49. The standard InChI is InChI=1S/C24H27ClN8O4/c1-2-30-23(35)31(14-16-3-5-17(25)6-4-16)22(33(27)24(30)36)29-18-7-9-19(10-8-18)37-20-11-12-21(28-13-20)32(26)15-34/h3-12,15,22,28-29H,2,13-14,26-27H2,1H3. The van der Waals surface area contributed by atoms with Gasteiger partial charge in [0.2, 0.25) is 12.7 Å². The van der Waals surface area contributed by atoms with E-state index in [1.54, 1.807) is 55.5 Å². The van der Waals surface area contributed by atoms with Crippen molar-refractivity contribution in [3.8, 4) is 5.75 Å². The Kier molecular flexibility index (Phi) is 7.82. The van der Waals surface area contributed by atoms with Crippen LogP contribution in [0.25, 0.3) is 0 Å². The Morgan fingerprint density at radius 1 is 1.14 bits per heavy atom. The van der Waals surface area contributed by atoms with Crippen LogP contribution >= 0.6 is 11.6 Å². The van der Waals surface area contributed by atoms with Gasteiger partial charge in [0.05, 0.1) is 13.1 Å². The molecule has 0 aromatic heterocycles. The van der Waals surface area contributed by atoms with Crippen LogP contribution in [0, 0.1) is 0 Å². The highest BCUT2D eigenvalue weighted by molar-refractivity contribution is 6.30. The van der Waals surface area contributed by atoms with Crippen molar-refractivity contribution >= 4 is 35.8 Å². The van der Waals surface area contributed by atoms with E-state index >= 15 is 0 Å². The van der Waals surface area contributed by atoms with Gasteiger partial charge in [-0.3, -0.25) is 9.69 Å². The van der Waals surface area contributed by atoms with Gasteiger partial charge in [-0.1, -0.05) is 23.7 Å². The van der Waals surface area contributed by atoms with Gasteiger partial charge in [0, 0.05) is 17.3 Å². The van der Waals surface area contributed by atoms with Crippen LogP contribution in [0.5, 0.6) is 5.75 Å². The summed E-state index contributed by atoms with van der Waals surface area (Å²) in [6.07, 6.45) is 2.90. The normalized spacial score (nSPS) is 17.6. The summed E-state index contributed by atoms with van der Waals surface area (Å²) < 4.78 is 5.86. The van der Waals surface area contributed by atoms with Gasteiger partial charge in [-0.25, -0.2) is 36.2 Å². The number of imide groups is 1. The zero-order chi connectivity index (χ0) is 26.5. The topological polar surface area (TPSA) is 150 Å². The number of nitrogens with zero attached hydrogens (tertiary/aromatic N) is 4. The number of nitrogens with one attached hydrogen (secondary N) is 2. The number of allylic oxidation sites excluding steroid dienone is 2. The highest BCUT2D eigenvalue weighted by atomic mass is 35.5. The molecule has 2 aliphatic rings. The predicted octanol–water partition coefficient (Wildman–Crippen LogP) is 2.33. The van der Waals surface area contributed by atoms with Crippen molar-refractivity contribution in [3.05, 3.63) is 82.8 Å². The van der Waals surface area contributed by atoms with E-state index < -0.39 is 18.4 Å². The predicted molar refractivity (Wildman–Crippen MR) is 137 cm³/mol. The molecule has 2 aromatic carbocycles. The third kappa shape index (κ3) is 5.77. The molecule has 13 heteroatoms. The van der Waals surface area contributed by atoms with Crippen molar-refractivity contribution in [1.82, 2.24) is 25.1 Å². The van der Waals surface area contributed by atoms with Gasteiger partial charge in [-0.15, -0.1) is 0 Å². The van der Waals surface area contributed by atoms with E-state index in [9.17, 15) is 14.4 Å². The average molecular weight is 527 g/mol. The number of ether oxygens (including phenoxy) is 1. The Labute approximate surface area is 218 Å². The molecule has 0 spiro atoms. The summed E-state index contributed by atoms with van der Waals surface area (Å²) in [7, 11) is 0. The van der Waals surface area contributed by atoms with Crippen molar-refractivity contribution in [2.45, 2.75) is 19.8 Å². The largest absolute Gasteiger partial charge is 0.460 e. The maximum atomic E-state index is 13.2. The minimum atomic E-state index is -0.934. The molecule has 1 atom stereocenters. The number of hydrazine groups is 2. The maximum absolute atomic E-state index is 13.2. The van der Waals surface area contributed by atoms with E-state index in [2.05, 4.69) is 10.6 Å². The van der Waals surface area contributed by atoms with E-state index in [0.29, 0.717) is 41.0 Å². The summed E-state index contributed by atoms with van der Waals surface area (Å²) in [6.45, 7) is 2.43. The zero-order valence-corrected chi connectivity index (χ0v) is 20.8. The van der Waals surface area contributed by atoms with Gasteiger partial charge in [-0.2, -0.15) is 0 Å². The first-order chi connectivity index (χ1) is 17.8. The third-order valence-corrected chi connectivity index (χ3v) is 5.98. The number of carbonyl (C=O) groups is 3. The van der Waals surface area contributed by atoms with Gasteiger partial charge in [0.15, 0.2) is 0 Å². The number of carbonyl (C=O) groups excluding carboxylic acids is 3. The fraction of sp³-hybridized carbons (Fsp3) is 0.208. The van der Waals surface area contributed by atoms with Gasteiger partial charge >= 0.3 is 12.1 Å². The first-order valence-electron chi connectivity index (χ1n) is 11.4. The fourth-order valence-electron chi connectivity index (χ4n) is 3.79. The fourth-order valence-corrected chi connectivity index (χ4v) is 3.91. The van der Waals surface area contributed by atoms with Crippen LogP contribution in [-0.4, -0.2) is 57.7 Å². The van der Waals surface area contributed by atoms with Crippen LogP contribution in [0.2, 0.25) is 5.02 Å². The van der Waals surface area contributed by atoms with Crippen LogP contribution in [0.4, 0.5) is 15.3 Å². The van der Waals surface area contributed by atoms with Crippen molar-refractivity contribution in [3.63, 3.8) is 0 Å². The van der Waals surface area contributed by atoms with Gasteiger partial charge in [0.25, 0.3) is 0 Å². The van der Waals surface area contributed by atoms with Crippen LogP contribution in [0.1, 0.15) is 12.5 Å². The average Bonchev–Trinajstić information content (AvgIpc) is 2.91. The summed E-state index contributed by atoms with van der Waals surface area (Å²) >= 11 is 5.99. The number of urea groups is 2. The molecule has 12 nitrogen and oxygen atoms in total. The Bertz CT molecular complexity index is 1220. The van der Waals surface area contributed by atoms with Gasteiger partial charge < -0.3 is 15.4 Å². The van der Waals surface area contributed by atoms with Gasteiger partial charge in [-0.05, 0) is 61.0 Å².